The number of carbonyl (C=O) groups is 6. The summed E-state index contributed by atoms with van der Waals surface area (Å²) in [6.07, 6.45) is 2.14. The van der Waals surface area contributed by atoms with Crippen molar-refractivity contribution in [3.05, 3.63) is 35.9 Å². The molecular formula is C30H56N8O7. The summed E-state index contributed by atoms with van der Waals surface area (Å²) in [5.74, 6) is -3.58. The number of hydrogen-bond donors (Lipinski definition) is 7. The Balaban J connectivity index is -0.000000426. The van der Waals surface area contributed by atoms with E-state index in [1.165, 1.54) is 19.0 Å². The van der Waals surface area contributed by atoms with Gasteiger partial charge in [0.05, 0.1) is 19.6 Å². The average Bonchev–Trinajstić information content (AvgIpc) is 2.97. The van der Waals surface area contributed by atoms with Gasteiger partial charge in [0, 0.05) is 26.9 Å². The Morgan fingerprint density at radius 3 is 1.78 bits per heavy atom. The Bertz CT molecular complexity index is 997. The Hall–Kier alpha value is -4.69. The summed E-state index contributed by atoms with van der Waals surface area (Å²) >= 11 is 0. The molecule has 5 amide bonds. The van der Waals surface area contributed by atoms with E-state index in [1.54, 1.807) is 6.92 Å². The monoisotopic (exact) mass is 640 g/mol. The van der Waals surface area contributed by atoms with E-state index in [2.05, 4.69) is 53.8 Å². The number of rotatable bonds is 13. The highest BCUT2D eigenvalue weighted by molar-refractivity contribution is 5.91. The van der Waals surface area contributed by atoms with Crippen molar-refractivity contribution in [1.29, 1.82) is 0 Å². The molecule has 1 atom stereocenters. The quantitative estimate of drug-likeness (QED) is 0.0906. The number of benzene rings is 1. The molecule has 10 N–H and O–H groups in total. The number of nitrogens with one attached hydrogen (secondary N) is 3. The molecule has 0 spiro atoms. The third-order valence-corrected chi connectivity index (χ3v) is 4.57. The molecule has 258 valence electrons. The lowest BCUT2D eigenvalue weighted by Gasteiger charge is -2.20. The number of aliphatic carboxylic acids is 1. The minimum atomic E-state index is -0.929. The number of amides is 5. The molecule has 1 aromatic carbocycles. The lowest BCUT2D eigenvalue weighted by molar-refractivity contribution is -0.136. The summed E-state index contributed by atoms with van der Waals surface area (Å²) < 4.78 is 0. The fourth-order valence-electron chi connectivity index (χ4n) is 2.54. The number of guanidine groups is 1. The van der Waals surface area contributed by atoms with Crippen LogP contribution in [-0.2, 0) is 28.8 Å². The Morgan fingerprint density at radius 1 is 0.889 bits per heavy atom. The van der Waals surface area contributed by atoms with Crippen molar-refractivity contribution in [3.63, 3.8) is 0 Å². The average molecular weight is 641 g/mol. The Labute approximate surface area is 267 Å². The molecular weight excluding hydrogens is 584 g/mol. The lowest BCUT2D eigenvalue weighted by atomic mass is 10.1. The van der Waals surface area contributed by atoms with Crippen molar-refractivity contribution in [1.82, 2.24) is 20.9 Å². The van der Waals surface area contributed by atoms with Gasteiger partial charge in [-0.2, -0.15) is 0 Å². The van der Waals surface area contributed by atoms with Crippen LogP contribution in [-0.4, -0.2) is 90.7 Å². The Kier molecular flexibility index (Phi) is 33.8. The second-order valence-corrected chi connectivity index (χ2v) is 9.01. The van der Waals surface area contributed by atoms with Crippen molar-refractivity contribution >= 4 is 41.5 Å². The molecule has 1 unspecified atom stereocenters. The van der Waals surface area contributed by atoms with Crippen LogP contribution >= 0.6 is 0 Å². The van der Waals surface area contributed by atoms with E-state index in [-0.39, 0.29) is 50.9 Å². The third kappa shape index (κ3) is 37.3. The molecule has 1 rings (SSSR count). The molecule has 0 aliphatic heterocycles. The van der Waals surface area contributed by atoms with Gasteiger partial charge in [0.25, 0.3) is 5.97 Å². The first-order valence-corrected chi connectivity index (χ1v) is 14.7. The largest absolute Gasteiger partial charge is 0.481 e. The van der Waals surface area contributed by atoms with E-state index >= 15 is 0 Å². The van der Waals surface area contributed by atoms with Crippen LogP contribution in [0.3, 0.4) is 0 Å². The number of carbonyl (C=O) groups excluding carboxylic acids is 5. The number of hydrogen-bond acceptors (Lipinski definition) is 7. The molecule has 0 heterocycles. The zero-order chi connectivity index (χ0) is 35.8. The van der Waals surface area contributed by atoms with E-state index in [1.807, 2.05) is 32.0 Å². The van der Waals surface area contributed by atoms with Crippen molar-refractivity contribution in [2.45, 2.75) is 80.2 Å². The summed E-state index contributed by atoms with van der Waals surface area (Å²) in [6.45, 7) is 12.4. The molecule has 0 aliphatic carbocycles. The highest BCUT2D eigenvalue weighted by Crippen LogP contribution is 1.98. The number of likely N-dealkylation sites (N-methyl/N-ethyl adjacent to an activating group) is 1. The Morgan fingerprint density at radius 2 is 1.38 bits per heavy atom. The van der Waals surface area contributed by atoms with E-state index in [9.17, 15) is 24.0 Å². The summed E-state index contributed by atoms with van der Waals surface area (Å²) in [4.78, 5) is 72.0. The maximum Gasteiger partial charge on any atom is 0.300 e. The van der Waals surface area contributed by atoms with Gasteiger partial charge in [-0.15, -0.1) is 0 Å². The molecule has 0 saturated heterocycles. The van der Waals surface area contributed by atoms with Crippen LogP contribution in [0.1, 0.15) is 72.8 Å². The SMILES string of the molecule is CC.CC(=O)O.CCC.CCC(=O)NCC(=O)NCC(=O)N(C)CC(=O)NC(CCCN=C(N)N)C(N)=O.Cc1ccccc1. The molecule has 0 aliphatic rings. The van der Waals surface area contributed by atoms with Crippen LogP contribution < -0.4 is 33.2 Å². The van der Waals surface area contributed by atoms with E-state index < -0.39 is 35.6 Å². The maximum absolute atomic E-state index is 12.0. The lowest BCUT2D eigenvalue weighted by Crippen LogP contribution is -2.49. The predicted octanol–water partition coefficient (Wildman–Crippen LogP) is 0.639. The standard InChI is InChI=1S/C16H30N8O5.C7H8.C3H8.C2H4O2.C2H6/c1-3-11(25)21-7-12(26)22-8-14(28)24(2)9-13(27)23-10(15(17)29)5-4-6-20-16(18)19;1-7-5-3-2-4-6-7;1-3-2;1-2(3)4;1-2/h10H,3-9H2,1-2H3,(H2,17,29)(H,21,25)(H,22,26)(H,23,27)(H4,18,19,20);2-6H,1H3;3H2,1-2H3;1H3,(H,3,4);1-2H3. The highest BCUT2D eigenvalue weighted by atomic mass is 16.4. The number of primary amides is 1. The first-order valence-electron chi connectivity index (χ1n) is 14.7. The number of carboxylic acids is 1. The fraction of sp³-hybridized carbons (Fsp3) is 0.567. The second-order valence-electron chi connectivity index (χ2n) is 9.01. The van der Waals surface area contributed by atoms with Gasteiger partial charge in [-0.05, 0) is 19.8 Å². The first kappa shape index (κ1) is 47.2. The second kappa shape index (κ2) is 32.2. The summed E-state index contributed by atoms with van der Waals surface area (Å²) in [5.41, 5.74) is 17.0. The molecule has 0 aromatic heterocycles. The molecule has 45 heavy (non-hydrogen) atoms. The van der Waals surface area contributed by atoms with Crippen LogP contribution in [0.4, 0.5) is 0 Å². The van der Waals surface area contributed by atoms with E-state index in [0.717, 1.165) is 11.8 Å². The van der Waals surface area contributed by atoms with Gasteiger partial charge in [-0.1, -0.05) is 76.9 Å². The summed E-state index contributed by atoms with van der Waals surface area (Å²) in [6, 6.07) is 9.33. The van der Waals surface area contributed by atoms with Gasteiger partial charge in [0.2, 0.25) is 29.5 Å². The van der Waals surface area contributed by atoms with E-state index in [0.29, 0.717) is 6.42 Å². The maximum atomic E-state index is 12.0. The van der Waals surface area contributed by atoms with Crippen LogP contribution in [0.25, 0.3) is 0 Å². The van der Waals surface area contributed by atoms with Gasteiger partial charge in [-0.3, -0.25) is 33.8 Å². The van der Waals surface area contributed by atoms with Crippen LogP contribution in [0.2, 0.25) is 0 Å². The van der Waals surface area contributed by atoms with Crippen molar-refractivity contribution in [2.75, 3.05) is 33.2 Å². The summed E-state index contributed by atoms with van der Waals surface area (Å²) in [7, 11) is 1.37. The molecule has 15 nitrogen and oxygen atoms in total. The van der Waals surface area contributed by atoms with E-state index in [4.69, 9.17) is 27.1 Å². The zero-order valence-corrected chi connectivity index (χ0v) is 28.1. The number of aliphatic imine (C=N–C) groups is 1. The zero-order valence-electron chi connectivity index (χ0n) is 28.1. The number of carboxylic acid groups (broad SMARTS) is 1. The molecule has 15 heteroatoms. The minimum absolute atomic E-state index is 0.0790. The van der Waals surface area contributed by atoms with Crippen LogP contribution in [0.5, 0.6) is 0 Å². The number of aryl methyl sites for hydroxylation is 1. The van der Waals surface area contributed by atoms with Gasteiger partial charge >= 0.3 is 0 Å². The molecule has 0 radical (unpaired) electrons. The number of nitrogens with two attached hydrogens (primary N) is 3. The van der Waals surface area contributed by atoms with Crippen LogP contribution in [0.15, 0.2) is 35.3 Å². The fourth-order valence-corrected chi connectivity index (χ4v) is 2.54. The normalized spacial score (nSPS) is 9.51. The van der Waals surface area contributed by atoms with Crippen molar-refractivity contribution < 1.29 is 33.9 Å². The van der Waals surface area contributed by atoms with Gasteiger partial charge in [0.1, 0.15) is 6.04 Å². The summed E-state index contributed by atoms with van der Waals surface area (Å²) in [5, 5.41) is 14.6. The van der Waals surface area contributed by atoms with Crippen LogP contribution in [0, 0.1) is 6.92 Å². The minimum Gasteiger partial charge on any atom is -0.481 e. The first-order chi connectivity index (χ1) is 21.1. The number of nitrogens with zero attached hydrogens (tertiary/aromatic N) is 2. The van der Waals surface area contributed by atoms with Gasteiger partial charge in [-0.25, -0.2) is 0 Å². The third-order valence-electron chi connectivity index (χ3n) is 4.57. The highest BCUT2D eigenvalue weighted by Gasteiger charge is 2.20. The molecule has 0 saturated carbocycles. The van der Waals surface area contributed by atoms with Gasteiger partial charge in [0.15, 0.2) is 5.96 Å². The molecule has 1 aromatic rings. The van der Waals surface area contributed by atoms with Crippen molar-refractivity contribution in [3.8, 4) is 0 Å². The van der Waals surface area contributed by atoms with Crippen molar-refractivity contribution in [2.24, 2.45) is 22.2 Å². The predicted molar refractivity (Wildman–Crippen MR) is 177 cm³/mol. The molecule has 0 bridgehead atoms. The topological polar surface area (TPSA) is 252 Å². The van der Waals surface area contributed by atoms with Gasteiger partial charge < -0.3 is 43.2 Å². The molecule has 0 fully saturated rings. The smallest absolute Gasteiger partial charge is 0.300 e.